The summed E-state index contributed by atoms with van der Waals surface area (Å²) in [5.41, 5.74) is 0. The molecular weight excluding hydrogens is 236 g/mol. The van der Waals surface area contributed by atoms with Crippen LogP contribution in [0.4, 0.5) is 0 Å². The molecule has 0 aromatic carbocycles. The average Bonchev–Trinajstić information content (AvgIpc) is 2.02. The molecule has 0 rings (SSSR count). The van der Waals surface area contributed by atoms with Crippen LogP contribution in [0.15, 0.2) is 0 Å². The number of hydrogen-bond acceptors (Lipinski definition) is 1. The van der Waals surface area contributed by atoms with Gasteiger partial charge in [-0.25, -0.2) is 0 Å². The van der Waals surface area contributed by atoms with Crippen LogP contribution in [-0.4, -0.2) is 10.4 Å². The van der Waals surface area contributed by atoms with E-state index in [-0.39, 0.29) is 5.12 Å². The fraction of sp³-hybridized carbons (Fsp3) is 0.889. The molecule has 72 valence electrons. The van der Waals surface area contributed by atoms with Gasteiger partial charge in [-0.1, -0.05) is 41.6 Å². The standard InChI is InChI=1S/C9H17BrOS/c10-8-6-4-2-1-3-5-7-9(11)12/h1-8H2,(H,11,12). The normalized spacial score (nSPS) is 10.2. The maximum atomic E-state index is 10.4. The van der Waals surface area contributed by atoms with Gasteiger partial charge >= 0.3 is 0 Å². The maximum absolute atomic E-state index is 10.4. The Balaban J connectivity index is 2.86. The van der Waals surface area contributed by atoms with E-state index >= 15 is 0 Å². The first-order chi connectivity index (χ1) is 5.77. The van der Waals surface area contributed by atoms with Crippen molar-refractivity contribution < 1.29 is 4.79 Å². The van der Waals surface area contributed by atoms with E-state index in [1.807, 2.05) is 0 Å². The maximum Gasteiger partial charge on any atom is 0.185 e. The summed E-state index contributed by atoms with van der Waals surface area (Å²) in [6.45, 7) is 0. The first-order valence-electron chi connectivity index (χ1n) is 4.55. The largest absolute Gasteiger partial charge is 0.288 e. The summed E-state index contributed by atoms with van der Waals surface area (Å²) in [6.07, 6.45) is 7.96. The van der Waals surface area contributed by atoms with Gasteiger partial charge in [-0.2, -0.15) is 0 Å². The molecule has 0 atom stereocenters. The fourth-order valence-electron chi connectivity index (χ4n) is 1.08. The highest BCUT2D eigenvalue weighted by Gasteiger charge is 1.94. The highest BCUT2D eigenvalue weighted by molar-refractivity contribution is 9.09. The lowest BCUT2D eigenvalue weighted by atomic mass is 10.1. The van der Waals surface area contributed by atoms with Crippen LogP contribution in [0.3, 0.4) is 0 Å². The summed E-state index contributed by atoms with van der Waals surface area (Å²) in [4.78, 5) is 10.4. The molecule has 0 saturated heterocycles. The molecule has 0 spiro atoms. The molecule has 0 saturated carbocycles. The van der Waals surface area contributed by atoms with Crippen LogP contribution in [0, 0.1) is 0 Å². The number of hydrogen-bond donors (Lipinski definition) is 1. The third-order valence-electron chi connectivity index (χ3n) is 1.77. The minimum absolute atomic E-state index is 0.0236. The highest BCUT2D eigenvalue weighted by Crippen LogP contribution is 2.08. The van der Waals surface area contributed by atoms with Crippen molar-refractivity contribution in [1.29, 1.82) is 0 Å². The number of halogens is 1. The minimum Gasteiger partial charge on any atom is -0.288 e. The average molecular weight is 253 g/mol. The minimum atomic E-state index is 0.0236. The zero-order valence-electron chi connectivity index (χ0n) is 7.39. The Morgan fingerprint density at radius 3 is 2.00 bits per heavy atom. The Hall–Kier alpha value is 0.500. The highest BCUT2D eigenvalue weighted by atomic mass is 79.9. The molecule has 0 aliphatic rings. The summed E-state index contributed by atoms with van der Waals surface area (Å²) in [6, 6.07) is 0. The summed E-state index contributed by atoms with van der Waals surface area (Å²) in [7, 11) is 0. The van der Waals surface area contributed by atoms with E-state index in [1.165, 1.54) is 32.1 Å². The third-order valence-corrected chi connectivity index (χ3v) is 2.56. The number of thiol groups is 1. The molecule has 0 aromatic heterocycles. The molecule has 0 unspecified atom stereocenters. The molecule has 3 heteroatoms. The Labute approximate surface area is 88.8 Å². The molecule has 12 heavy (non-hydrogen) atoms. The van der Waals surface area contributed by atoms with Crippen LogP contribution < -0.4 is 0 Å². The van der Waals surface area contributed by atoms with E-state index in [0.29, 0.717) is 6.42 Å². The second kappa shape index (κ2) is 9.59. The first-order valence-corrected chi connectivity index (χ1v) is 6.12. The van der Waals surface area contributed by atoms with Crippen LogP contribution in [0.5, 0.6) is 0 Å². The van der Waals surface area contributed by atoms with E-state index in [4.69, 9.17) is 0 Å². The van der Waals surface area contributed by atoms with Gasteiger partial charge in [0.05, 0.1) is 0 Å². The number of carbonyl (C=O) groups is 1. The second-order valence-corrected chi connectivity index (χ2v) is 4.25. The molecule has 0 bridgehead atoms. The van der Waals surface area contributed by atoms with E-state index in [9.17, 15) is 4.79 Å². The molecule has 0 radical (unpaired) electrons. The number of unbranched alkanes of at least 4 members (excludes halogenated alkanes) is 5. The van der Waals surface area contributed by atoms with Crippen molar-refractivity contribution in [2.45, 2.75) is 44.9 Å². The molecule has 0 aliphatic heterocycles. The Bertz CT molecular complexity index is 117. The van der Waals surface area contributed by atoms with Gasteiger partial charge in [0, 0.05) is 11.8 Å². The number of rotatable bonds is 8. The van der Waals surface area contributed by atoms with Crippen molar-refractivity contribution in [2.75, 3.05) is 5.33 Å². The lowest BCUT2D eigenvalue weighted by molar-refractivity contribution is -0.110. The monoisotopic (exact) mass is 252 g/mol. The first kappa shape index (κ1) is 12.5. The Kier molecular flexibility index (Phi) is 9.99. The molecule has 0 aromatic rings. The van der Waals surface area contributed by atoms with Gasteiger partial charge in [-0.05, 0) is 12.8 Å². The molecule has 0 heterocycles. The number of alkyl halides is 1. The van der Waals surface area contributed by atoms with Gasteiger partial charge < -0.3 is 0 Å². The van der Waals surface area contributed by atoms with Gasteiger partial charge in [0.1, 0.15) is 0 Å². The molecule has 0 amide bonds. The predicted molar refractivity (Wildman–Crippen MR) is 60.1 cm³/mol. The second-order valence-electron chi connectivity index (χ2n) is 2.95. The summed E-state index contributed by atoms with van der Waals surface area (Å²) in [5.74, 6) is 0. The summed E-state index contributed by atoms with van der Waals surface area (Å²) < 4.78 is 0. The summed E-state index contributed by atoms with van der Waals surface area (Å²) >= 11 is 7.11. The van der Waals surface area contributed by atoms with Crippen molar-refractivity contribution in [1.82, 2.24) is 0 Å². The fourth-order valence-corrected chi connectivity index (χ4v) is 1.63. The zero-order valence-corrected chi connectivity index (χ0v) is 9.87. The van der Waals surface area contributed by atoms with Gasteiger partial charge in [0.25, 0.3) is 0 Å². The van der Waals surface area contributed by atoms with Crippen LogP contribution >= 0.6 is 28.6 Å². The Morgan fingerprint density at radius 2 is 1.50 bits per heavy atom. The van der Waals surface area contributed by atoms with E-state index < -0.39 is 0 Å². The smallest absolute Gasteiger partial charge is 0.185 e. The van der Waals surface area contributed by atoms with Gasteiger partial charge in [0.15, 0.2) is 5.12 Å². The van der Waals surface area contributed by atoms with Crippen LogP contribution in [0.1, 0.15) is 44.9 Å². The predicted octanol–water partition coefficient (Wildman–Crippen LogP) is 3.57. The van der Waals surface area contributed by atoms with E-state index in [2.05, 4.69) is 28.6 Å². The zero-order chi connectivity index (χ0) is 9.23. The van der Waals surface area contributed by atoms with Crippen molar-refractivity contribution in [3.63, 3.8) is 0 Å². The van der Waals surface area contributed by atoms with Crippen molar-refractivity contribution in [2.24, 2.45) is 0 Å². The SMILES string of the molecule is O=C(S)CCCCCCCCBr. The van der Waals surface area contributed by atoms with Gasteiger partial charge in [-0.3, -0.25) is 4.79 Å². The van der Waals surface area contributed by atoms with Gasteiger partial charge in [-0.15, -0.1) is 12.6 Å². The van der Waals surface area contributed by atoms with Crippen molar-refractivity contribution in [3.05, 3.63) is 0 Å². The van der Waals surface area contributed by atoms with Crippen LogP contribution in [0.2, 0.25) is 0 Å². The molecule has 1 nitrogen and oxygen atoms in total. The quantitative estimate of drug-likeness (QED) is 0.397. The van der Waals surface area contributed by atoms with Crippen molar-refractivity contribution >= 4 is 33.7 Å². The number of carbonyl (C=O) groups excluding carboxylic acids is 1. The topological polar surface area (TPSA) is 17.1 Å². The third kappa shape index (κ3) is 10.5. The van der Waals surface area contributed by atoms with Gasteiger partial charge in [0.2, 0.25) is 0 Å². The van der Waals surface area contributed by atoms with Crippen molar-refractivity contribution in [3.8, 4) is 0 Å². The molecular formula is C9H17BrOS. The van der Waals surface area contributed by atoms with Crippen LogP contribution in [0.25, 0.3) is 0 Å². The van der Waals surface area contributed by atoms with E-state index in [1.54, 1.807) is 0 Å². The Morgan fingerprint density at radius 1 is 1.00 bits per heavy atom. The molecule has 0 aliphatic carbocycles. The van der Waals surface area contributed by atoms with Crippen LogP contribution in [-0.2, 0) is 4.79 Å². The summed E-state index contributed by atoms with van der Waals surface area (Å²) in [5, 5.41) is 1.14. The molecule has 0 fully saturated rings. The molecule has 0 N–H and O–H groups in total. The lowest BCUT2D eigenvalue weighted by Crippen LogP contribution is -1.86. The van der Waals surface area contributed by atoms with E-state index in [0.717, 1.165) is 11.8 Å². The lowest BCUT2D eigenvalue weighted by Gasteiger charge is -1.98.